The van der Waals surface area contributed by atoms with Crippen LogP contribution in [0.25, 0.3) is 0 Å². The molecule has 6 heteroatoms. The third-order valence-electron chi connectivity index (χ3n) is 5.44. The van der Waals surface area contributed by atoms with Gasteiger partial charge in [-0.15, -0.1) is 11.8 Å². The SMILES string of the molecule is CCN1C(=O)C2(SCCN2C(=O)C2CCCC2)c2cc(F)ccc21. The van der Waals surface area contributed by atoms with Gasteiger partial charge in [-0.05, 0) is 38.0 Å². The van der Waals surface area contributed by atoms with Gasteiger partial charge in [0.2, 0.25) is 5.91 Å². The molecule has 2 amide bonds. The van der Waals surface area contributed by atoms with Gasteiger partial charge in [-0.25, -0.2) is 4.39 Å². The third kappa shape index (κ3) is 2.05. The molecule has 2 fully saturated rings. The maximum Gasteiger partial charge on any atom is 0.268 e. The summed E-state index contributed by atoms with van der Waals surface area (Å²) in [5.74, 6) is 0.330. The average Bonchev–Trinajstić information content (AvgIpc) is 3.29. The number of nitrogens with zero attached hydrogens (tertiary/aromatic N) is 2. The second-order valence-electron chi connectivity index (χ2n) is 6.67. The average molecular weight is 348 g/mol. The molecular weight excluding hydrogens is 327 g/mol. The Balaban J connectivity index is 1.81. The number of benzene rings is 1. The van der Waals surface area contributed by atoms with Gasteiger partial charge < -0.3 is 9.80 Å². The van der Waals surface area contributed by atoms with E-state index in [4.69, 9.17) is 0 Å². The normalized spacial score (nSPS) is 26.7. The summed E-state index contributed by atoms with van der Waals surface area (Å²) in [5, 5.41) is 0. The molecule has 1 aromatic carbocycles. The zero-order chi connectivity index (χ0) is 16.9. The number of anilines is 1. The molecule has 0 bridgehead atoms. The van der Waals surface area contributed by atoms with Crippen molar-refractivity contribution in [3.8, 4) is 0 Å². The molecule has 24 heavy (non-hydrogen) atoms. The van der Waals surface area contributed by atoms with Gasteiger partial charge in [0.1, 0.15) is 5.82 Å². The Kier molecular flexibility index (Phi) is 3.82. The van der Waals surface area contributed by atoms with E-state index < -0.39 is 4.87 Å². The zero-order valence-electron chi connectivity index (χ0n) is 13.8. The molecule has 1 aliphatic carbocycles. The molecule has 128 valence electrons. The van der Waals surface area contributed by atoms with Crippen LogP contribution in [0.15, 0.2) is 18.2 Å². The number of carbonyl (C=O) groups is 2. The number of fused-ring (bicyclic) bond motifs is 2. The monoisotopic (exact) mass is 348 g/mol. The summed E-state index contributed by atoms with van der Waals surface area (Å²) >= 11 is 1.47. The molecule has 0 radical (unpaired) electrons. The van der Waals surface area contributed by atoms with E-state index >= 15 is 0 Å². The lowest BCUT2D eigenvalue weighted by Crippen LogP contribution is -2.51. The number of halogens is 1. The maximum atomic E-state index is 13.9. The number of carbonyl (C=O) groups excluding carboxylic acids is 2. The molecule has 1 spiro atoms. The van der Waals surface area contributed by atoms with Crippen LogP contribution in [0.1, 0.15) is 38.2 Å². The van der Waals surface area contributed by atoms with Gasteiger partial charge in [-0.3, -0.25) is 9.59 Å². The molecule has 2 heterocycles. The summed E-state index contributed by atoms with van der Waals surface area (Å²) in [6, 6.07) is 4.49. The van der Waals surface area contributed by atoms with Gasteiger partial charge in [-0.1, -0.05) is 12.8 Å². The molecule has 1 saturated carbocycles. The first-order chi connectivity index (χ1) is 11.6. The molecule has 0 aromatic heterocycles. The van der Waals surface area contributed by atoms with Gasteiger partial charge in [0.25, 0.3) is 5.91 Å². The Morgan fingerprint density at radius 2 is 2.12 bits per heavy atom. The fourth-order valence-electron chi connectivity index (χ4n) is 4.32. The van der Waals surface area contributed by atoms with E-state index in [1.54, 1.807) is 15.9 Å². The summed E-state index contributed by atoms with van der Waals surface area (Å²) in [6.07, 6.45) is 3.95. The summed E-state index contributed by atoms with van der Waals surface area (Å²) in [7, 11) is 0. The van der Waals surface area contributed by atoms with Crippen molar-refractivity contribution >= 4 is 29.3 Å². The van der Waals surface area contributed by atoms with Crippen molar-refractivity contribution in [3.63, 3.8) is 0 Å². The molecule has 4 nitrogen and oxygen atoms in total. The van der Waals surface area contributed by atoms with E-state index in [9.17, 15) is 14.0 Å². The first kappa shape index (κ1) is 15.9. The highest BCUT2D eigenvalue weighted by atomic mass is 32.2. The maximum absolute atomic E-state index is 13.9. The van der Waals surface area contributed by atoms with Gasteiger partial charge in [0, 0.05) is 30.3 Å². The van der Waals surface area contributed by atoms with Gasteiger partial charge in [-0.2, -0.15) is 0 Å². The van der Waals surface area contributed by atoms with E-state index in [2.05, 4.69) is 0 Å². The zero-order valence-corrected chi connectivity index (χ0v) is 14.6. The lowest BCUT2D eigenvalue weighted by Gasteiger charge is -2.34. The quantitative estimate of drug-likeness (QED) is 0.825. The van der Waals surface area contributed by atoms with Crippen molar-refractivity contribution in [2.75, 3.05) is 23.7 Å². The highest BCUT2D eigenvalue weighted by Crippen LogP contribution is 2.54. The Bertz CT molecular complexity index is 704. The minimum absolute atomic E-state index is 0.0149. The molecule has 3 aliphatic rings. The van der Waals surface area contributed by atoms with Crippen LogP contribution < -0.4 is 4.90 Å². The number of hydrogen-bond donors (Lipinski definition) is 0. The van der Waals surface area contributed by atoms with Crippen molar-refractivity contribution in [1.29, 1.82) is 0 Å². The highest BCUT2D eigenvalue weighted by Gasteiger charge is 2.59. The fourth-order valence-corrected chi connectivity index (χ4v) is 5.77. The van der Waals surface area contributed by atoms with Crippen LogP contribution in [0, 0.1) is 11.7 Å². The number of hydrogen-bond acceptors (Lipinski definition) is 3. The summed E-state index contributed by atoms with van der Waals surface area (Å²) in [5.41, 5.74) is 1.38. The topological polar surface area (TPSA) is 40.6 Å². The van der Waals surface area contributed by atoms with Gasteiger partial charge in [0.15, 0.2) is 4.87 Å². The summed E-state index contributed by atoms with van der Waals surface area (Å²) < 4.78 is 13.9. The van der Waals surface area contributed by atoms with Crippen LogP contribution in [0.5, 0.6) is 0 Å². The van der Waals surface area contributed by atoms with E-state index in [1.165, 1.54) is 23.9 Å². The van der Waals surface area contributed by atoms with E-state index in [-0.39, 0.29) is 23.5 Å². The minimum atomic E-state index is -1.06. The lowest BCUT2D eigenvalue weighted by atomic mass is 10.0. The van der Waals surface area contributed by atoms with Crippen molar-refractivity contribution in [2.45, 2.75) is 37.5 Å². The Morgan fingerprint density at radius 1 is 1.38 bits per heavy atom. The number of thioether (sulfide) groups is 1. The van der Waals surface area contributed by atoms with Crippen LogP contribution in [0.4, 0.5) is 10.1 Å². The van der Waals surface area contributed by atoms with Crippen LogP contribution in [0.3, 0.4) is 0 Å². The van der Waals surface area contributed by atoms with Gasteiger partial charge in [0.05, 0.1) is 5.69 Å². The lowest BCUT2D eigenvalue weighted by molar-refractivity contribution is -0.143. The first-order valence-electron chi connectivity index (χ1n) is 8.67. The van der Waals surface area contributed by atoms with Crippen molar-refractivity contribution in [3.05, 3.63) is 29.6 Å². The summed E-state index contributed by atoms with van der Waals surface area (Å²) in [4.78, 5) is 28.7. The van der Waals surface area contributed by atoms with Crippen LogP contribution in [-0.2, 0) is 14.5 Å². The van der Waals surface area contributed by atoms with E-state index in [0.717, 1.165) is 31.4 Å². The van der Waals surface area contributed by atoms with Crippen LogP contribution in [-0.4, -0.2) is 35.6 Å². The number of likely N-dealkylation sites (N-methyl/N-ethyl adjacent to an activating group) is 1. The van der Waals surface area contributed by atoms with E-state index in [0.29, 0.717) is 24.4 Å². The Morgan fingerprint density at radius 3 is 2.83 bits per heavy atom. The molecule has 0 N–H and O–H groups in total. The van der Waals surface area contributed by atoms with Crippen LogP contribution >= 0.6 is 11.8 Å². The molecule has 2 aliphatic heterocycles. The number of amides is 2. The second kappa shape index (κ2) is 5.76. The largest absolute Gasteiger partial charge is 0.315 e. The van der Waals surface area contributed by atoms with Crippen molar-refractivity contribution in [1.82, 2.24) is 4.90 Å². The Labute approximate surface area is 145 Å². The molecule has 1 unspecified atom stereocenters. The predicted molar refractivity (Wildman–Crippen MR) is 92.2 cm³/mol. The van der Waals surface area contributed by atoms with Crippen LogP contribution in [0.2, 0.25) is 0 Å². The fraction of sp³-hybridized carbons (Fsp3) is 0.556. The second-order valence-corrected chi connectivity index (χ2v) is 7.96. The molecular formula is C18H21FN2O2S. The standard InChI is InChI=1S/C18H21FN2O2S/c1-2-20-15-8-7-13(19)11-14(15)18(17(20)23)21(9-10-24-18)16(22)12-5-3-4-6-12/h7-8,11-12H,2-6,9-10H2,1H3. The first-order valence-corrected chi connectivity index (χ1v) is 9.65. The smallest absolute Gasteiger partial charge is 0.268 e. The molecule has 1 atom stereocenters. The van der Waals surface area contributed by atoms with Gasteiger partial charge >= 0.3 is 0 Å². The highest BCUT2D eigenvalue weighted by molar-refractivity contribution is 8.01. The predicted octanol–water partition coefficient (Wildman–Crippen LogP) is 3.11. The Hall–Kier alpha value is -1.56. The molecule has 4 rings (SSSR count). The number of rotatable bonds is 2. The van der Waals surface area contributed by atoms with Crippen molar-refractivity contribution < 1.29 is 14.0 Å². The minimum Gasteiger partial charge on any atom is -0.315 e. The molecule has 1 saturated heterocycles. The van der Waals surface area contributed by atoms with E-state index in [1.807, 2.05) is 6.92 Å². The molecule has 1 aromatic rings. The third-order valence-corrected chi connectivity index (χ3v) is 6.86. The van der Waals surface area contributed by atoms with Crippen molar-refractivity contribution in [2.24, 2.45) is 5.92 Å². The summed E-state index contributed by atoms with van der Waals surface area (Å²) in [6.45, 7) is 2.98.